The number of nitrogen functional groups attached to an aromatic ring is 1. The maximum atomic E-state index is 12.8. The Bertz CT molecular complexity index is 1220. The molecule has 0 saturated heterocycles. The number of nitrogens with zero attached hydrogens (tertiary/aromatic N) is 2. The second kappa shape index (κ2) is 11.0. The van der Waals surface area contributed by atoms with Crippen molar-refractivity contribution in [1.29, 1.82) is 0 Å². The van der Waals surface area contributed by atoms with E-state index in [-0.39, 0.29) is 12.5 Å². The van der Waals surface area contributed by atoms with Crippen LogP contribution in [0, 0.1) is 25.7 Å². The molecule has 2 heterocycles. The number of carbonyl (C=O) groups excluding carboxylic acids is 1. The zero-order valence-corrected chi connectivity index (χ0v) is 20.9. The summed E-state index contributed by atoms with van der Waals surface area (Å²) < 4.78 is 0. The van der Waals surface area contributed by atoms with Gasteiger partial charge in [0.2, 0.25) is 0 Å². The average molecular weight is 485 g/mol. The third kappa shape index (κ3) is 5.84. The lowest BCUT2D eigenvalue weighted by Crippen LogP contribution is -2.40. The molecule has 1 amide bonds. The third-order valence-corrected chi connectivity index (χ3v) is 7.03. The van der Waals surface area contributed by atoms with Gasteiger partial charge in [-0.25, -0.2) is 4.98 Å². The highest BCUT2D eigenvalue weighted by atomic mass is 35.5. The summed E-state index contributed by atoms with van der Waals surface area (Å²) in [5.74, 6) is 6.48. The zero-order chi connectivity index (χ0) is 24.1. The maximum absolute atomic E-state index is 12.8. The molecule has 2 aromatic heterocycles. The summed E-state index contributed by atoms with van der Waals surface area (Å²) in [7, 11) is 0. The van der Waals surface area contributed by atoms with Gasteiger partial charge in [0.25, 0.3) is 5.91 Å². The number of thiophene rings is 1. The van der Waals surface area contributed by atoms with Gasteiger partial charge in [-0.15, -0.1) is 11.3 Å². The second-order valence-electron chi connectivity index (χ2n) is 7.84. The Morgan fingerprint density at radius 1 is 1.27 bits per heavy atom. The number of aliphatic hydroxyl groups excluding tert-OH is 1. The monoisotopic (exact) mass is 484 g/mol. The summed E-state index contributed by atoms with van der Waals surface area (Å²) >= 11 is 7.57. The van der Waals surface area contributed by atoms with E-state index in [0.717, 1.165) is 39.9 Å². The van der Waals surface area contributed by atoms with Crippen molar-refractivity contribution >= 4 is 45.4 Å². The number of hydrogen-bond donors (Lipinski definition) is 3. The van der Waals surface area contributed by atoms with E-state index in [0.29, 0.717) is 27.8 Å². The summed E-state index contributed by atoms with van der Waals surface area (Å²) in [6.45, 7) is 10.4. The van der Waals surface area contributed by atoms with Gasteiger partial charge in [0, 0.05) is 45.5 Å². The van der Waals surface area contributed by atoms with E-state index in [1.54, 1.807) is 12.3 Å². The molecule has 174 valence electrons. The molecule has 0 bridgehead atoms. The molecule has 0 spiro atoms. The van der Waals surface area contributed by atoms with Crippen LogP contribution in [0.15, 0.2) is 24.4 Å². The number of fused-ring (bicyclic) bond motifs is 1. The third-order valence-electron chi connectivity index (χ3n) is 5.59. The first-order valence-electron chi connectivity index (χ1n) is 10.9. The van der Waals surface area contributed by atoms with Crippen LogP contribution in [-0.4, -0.2) is 53.2 Å². The molecule has 0 radical (unpaired) electrons. The fourth-order valence-corrected chi connectivity index (χ4v) is 4.85. The molecule has 0 saturated carbocycles. The van der Waals surface area contributed by atoms with Crippen molar-refractivity contribution in [1.82, 2.24) is 15.2 Å². The van der Waals surface area contributed by atoms with Crippen LogP contribution in [0.5, 0.6) is 0 Å². The minimum Gasteiger partial charge on any atom is -0.390 e. The number of aromatic nitrogens is 1. The fraction of sp³-hybridized carbons (Fsp3) is 0.360. The molecule has 0 aliphatic carbocycles. The van der Waals surface area contributed by atoms with Crippen LogP contribution in [0.3, 0.4) is 0 Å². The first-order chi connectivity index (χ1) is 15.7. The number of rotatable bonds is 7. The van der Waals surface area contributed by atoms with Gasteiger partial charge in [-0.3, -0.25) is 4.79 Å². The molecule has 3 rings (SSSR count). The zero-order valence-electron chi connectivity index (χ0n) is 19.3. The molecule has 33 heavy (non-hydrogen) atoms. The number of benzene rings is 1. The number of pyridine rings is 1. The molecule has 1 aromatic carbocycles. The molecule has 8 heteroatoms. The Balaban J connectivity index is 1.82. The molecule has 1 unspecified atom stereocenters. The lowest BCUT2D eigenvalue weighted by molar-refractivity contribution is 0.0872. The van der Waals surface area contributed by atoms with Crippen LogP contribution in [0.1, 0.15) is 45.1 Å². The van der Waals surface area contributed by atoms with Crippen LogP contribution in [-0.2, 0) is 0 Å². The lowest BCUT2D eigenvalue weighted by Gasteiger charge is -2.21. The van der Waals surface area contributed by atoms with Gasteiger partial charge in [-0.2, -0.15) is 0 Å². The highest BCUT2D eigenvalue weighted by Crippen LogP contribution is 2.28. The highest BCUT2D eigenvalue weighted by Gasteiger charge is 2.18. The average Bonchev–Trinajstić information content (AvgIpc) is 3.08. The number of nitrogens with two attached hydrogens (primary N) is 1. The summed E-state index contributed by atoms with van der Waals surface area (Å²) in [6, 6.07) is 5.51. The second-order valence-corrected chi connectivity index (χ2v) is 9.50. The Morgan fingerprint density at radius 2 is 1.97 bits per heavy atom. The standard InChI is InChI=1S/C25H29ClN4O2S/c1-5-30(6-2)14-19(31)13-29-25(32)23-15(3)20(16(4)33-23)9-10-21-22-11-18(26)8-7-17(22)12-28-24(21)27/h7-8,11-12,19,31H,5-6,13-14H2,1-4H3,(H2,27,28)(H,29,32). The molecule has 1 atom stereocenters. The number of hydrogen-bond acceptors (Lipinski definition) is 6. The van der Waals surface area contributed by atoms with Gasteiger partial charge in [0.1, 0.15) is 5.82 Å². The predicted octanol–water partition coefficient (Wildman–Crippen LogP) is 3.98. The number of anilines is 1. The fourth-order valence-electron chi connectivity index (χ4n) is 3.65. The first kappa shape index (κ1) is 25.0. The topological polar surface area (TPSA) is 91.5 Å². The van der Waals surface area contributed by atoms with Gasteiger partial charge in [-0.1, -0.05) is 43.4 Å². The van der Waals surface area contributed by atoms with Gasteiger partial charge >= 0.3 is 0 Å². The molecule has 6 nitrogen and oxygen atoms in total. The van der Waals surface area contributed by atoms with E-state index < -0.39 is 6.10 Å². The molecule has 0 fully saturated rings. The first-order valence-corrected chi connectivity index (χ1v) is 12.1. The van der Waals surface area contributed by atoms with E-state index in [9.17, 15) is 9.90 Å². The normalized spacial score (nSPS) is 12.0. The number of carbonyl (C=O) groups is 1. The number of aliphatic hydroxyl groups is 1. The van der Waals surface area contributed by atoms with Crippen molar-refractivity contribution in [3.63, 3.8) is 0 Å². The molecule has 4 N–H and O–H groups in total. The number of nitrogens with one attached hydrogen (secondary N) is 1. The summed E-state index contributed by atoms with van der Waals surface area (Å²) in [6.07, 6.45) is 1.08. The van der Waals surface area contributed by atoms with Crippen molar-refractivity contribution in [3.8, 4) is 11.8 Å². The summed E-state index contributed by atoms with van der Waals surface area (Å²) in [5, 5.41) is 15.4. The quantitative estimate of drug-likeness (QED) is 0.441. The van der Waals surface area contributed by atoms with Crippen LogP contribution < -0.4 is 11.1 Å². The number of likely N-dealkylation sites (N-methyl/N-ethyl adjacent to an activating group) is 1. The summed E-state index contributed by atoms with van der Waals surface area (Å²) in [4.78, 5) is 20.7. The Morgan fingerprint density at radius 3 is 2.67 bits per heavy atom. The van der Waals surface area contributed by atoms with Crippen molar-refractivity contribution in [2.45, 2.75) is 33.8 Å². The molecular weight excluding hydrogens is 456 g/mol. The molecule has 3 aromatic rings. The Labute approximate surface area is 203 Å². The van der Waals surface area contributed by atoms with Crippen molar-refractivity contribution in [2.24, 2.45) is 0 Å². The minimum absolute atomic E-state index is 0.200. The van der Waals surface area contributed by atoms with Crippen LogP contribution >= 0.6 is 22.9 Å². The van der Waals surface area contributed by atoms with E-state index in [4.69, 9.17) is 17.3 Å². The highest BCUT2D eigenvalue weighted by molar-refractivity contribution is 7.14. The number of amides is 1. The van der Waals surface area contributed by atoms with Crippen molar-refractivity contribution < 1.29 is 9.90 Å². The Kier molecular flexibility index (Phi) is 8.33. The molecular formula is C25H29ClN4O2S. The van der Waals surface area contributed by atoms with Crippen LogP contribution in [0.4, 0.5) is 5.82 Å². The van der Waals surface area contributed by atoms with E-state index in [1.807, 2.05) is 39.8 Å². The molecule has 0 aliphatic heterocycles. The SMILES string of the molecule is CCN(CC)CC(O)CNC(=O)c1sc(C)c(C#Cc2c(N)ncc3ccc(Cl)cc23)c1C. The van der Waals surface area contributed by atoms with Crippen molar-refractivity contribution in [3.05, 3.63) is 55.9 Å². The van der Waals surface area contributed by atoms with E-state index in [2.05, 4.69) is 27.0 Å². The number of halogens is 1. The smallest absolute Gasteiger partial charge is 0.261 e. The van der Waals surface area contributed by atoms with Gasteiger partial charge in [-0.05, 0) is 44.6 Å². The lowest BCUT2D eigenvalue weighted by atomic mass is 10.1. The Hall–Kier alpha value is -2.63. The van der Waals surface area contributed by atoms with E-state index >= 15 is 0 Å². The van der Waals surface area contributed by atoms with E-state index in [1.165, 1.54) is 11.3 Å². The van der Waals surface area contributed by atoms with Gasteiger partial charge in [0.05, 0.1) is 16.5 Å². The number of aryl methyl sites for hydroxylation is 1. The van der Waals surface area contributed by atoms with Crippen molar-refractivity contribution in [2.75, 3.05) is 31.9 Å². The van der Waals surface area contributed by atoms with Crippen LogP contribution in [0.25, 0.3) is 10.8 Å². The molecule has 0 aliphatic rings. The largest absolute Gasteiger partial charge is 0.390 e. The summed E-state index contributed by atoms with van der Waals surface area (Å²) in [5.41, 5.74) is 8.33. The van der Waals surface area contributed by atoms with Gasteiger partial charge in [0.15, 0.2) is 0 Å². The van der Waals surface area contributed by atoms with Gasteiger partial charge < -0.3 is 21.1 Å². The predicted molar refractivity (Wildman–Crippen MR) is 137 cm³/mol. The maximum Gasteiger partial charge on any atom is 0.261 e. The van der Waals surface area contributed by atoms with Crippen LogP contribution in [0.2, 0.25) is 5.02 Å². The minimum atomic E-state index is -0.622.